The van der Waals surface area contributed by atoms with E-state index >= 15 is 0 Å². The summed E-state index contributed by atoms with van der Waals surface area (Å²) < 4.78 is 0. The summed E-state index contributed by atoms with van der Waals surface area (Å²) in [4.78, 5) is 25.7. The number of pyridine rings is 1. The van der Waals surface area contributed by atoms with Gasteiger partial charge in [-0.1, -0.05) is 30.3 Å². The standard InChI is InChI=1S/C14H15N3O2/c15-12(10-5-2-1-3-6-10)9-17-14(19)11-7-4-8-16-13(11)18/h1-8,12H,9,15H2,(H,16,18)(H,17,19). The molecule has 0 spiro atoms. The number of carbonyl (C=O) groups excluding carboxylic acids is 1. The van der Waals surface area contributed by atoms with E-state index in [2.05, 4.69) is 10.3 Å². The lowest BCUT2D eigenvalue weighted by molar-refractivity contribution is 0.0949. The molecule has 0 aliphatic carbocycles. The van der Waals surface area contributed by atoms with E-state index in [9.17, 15) is 9.59 Å². The molecule has 1 unspecified atom stereocenters. The van der Waals surface area contributed by atoms with Crippen LogP contribution in [-0.4, -0.2) is 17.4 Å². The Bertz CT molecular complexity index is 607. The van der Waals surface area contributed by atoms with Gasteiger partial charge in [0.15, 0.2) is 0 Å². The molecule has 0 aliphatic rings. The number of H-pyrrole nitrogens is 1. The molecule has 0 saturated carbocycles. The van der Waals surface area contributed by atoms with Gasteiger partial charge in [-0.05, 0) is 17.7 Å². The van der Waals surface area contributed by atoms with Gasteiger partial charge in [0.05, 0.1) is 0 Å². The molecule has 0 bridgehead atoms. The molecule has 5 heteroatoms. The lowest BCUT2D eigenvalue weighted by Gasteiger charge is -2.12. The van der Waals surface area contributed by atoms with Crippen molar-refractivity contribution < 1.29 is 4.79 Å². The molecule has 4 N–H and O–H groups in total. The minimum Gasteiger partial charge on any atom is -0.350 e. The van der Waals surface area contributed by atoms with E-state index in [1.54, 1.807) is 6.07 Å². The molecule has 2 rings (SSSR count). The maximum absolute atomic E-state index is 11.8. The van der Waals surface area contributed by atoms with E-state index in [0.29, 0.717) is 0 Å². The first-order valence-electron chi connectivity index (χ1n) is 5.95. The zero-order chi connectivity index (χ0) is 13.7. The number of aromatic amines is 1. The lowest BCUT2D eigenvalue weighted by Crippen LogP contribution is -2.34. The Morgan fingerprint density at radius 2 is 1.95 bits per heavy atom. The number of benzene rings is 1. The molecule has 1 atom stereocenters. The predicted molar refractivity (Wildman–Crippen MR) is 72.8 cm³/mol. The Labute approximate surface area is 110 Å². The van der Waals surface area contributed by atoms with Crippen LogP contribution in [0.5, 0.6) is 0 Å². The van der Waals surface area contributed by atoms with Crippen LogP contribution in [0.2, 0.25) is 0 Å². The molecule has 1 aromatic carbocycles. The first kappa shape index (κ1) is 13.0. The number of amides is 1. The number of nitrogens with one attached hydrogen (secondary N) is 2. The second-order valence-corrected chi connectivity index (χ2v) is 4.14. The van der Waals surface area contributed by atoms with Gasteiger partial charge in [0.25, 0.3) is 11.5 Å². The van der Waals surface area contributed by atoms with Crippen molar-refractivity contribution in [3.05, 3.63) is 70.1 Å². The van der Waals surface area contributed by atoms with Crippen molar-refractivity contribution in [2.75, 3.05) is 6.54 Å². The van der Waals surface area contributed by atoms with E-state index in [-0.39, 0.29) is 18.2 Å². The minimum atomic E-state index is -0.423. The van der Waals surface area contributed by atoms with Crippen LogP contribution in [0.4, 0.5) is 0 Å². The average Bonchev–Trinajstić information content (AvgIpc) is 2.46. The van der Waals surface area contributed by atoms with Gasteiger partial charge in [-0.3, -0.25) is 9.59 Å². The van der Waals surface area contributed by atoms with Gasteiger partial charge in [0, 0.05) is 18.8 Å². The van der Waals surface area contributed by atoms with Gasteiger partial charge in [-0.15, -0.1) is 0 Å². The Balaban J connectivity index is 1.98. The van der Waals surface area contributed by atoms with Gasteiger partial charge in [0.1, 0.15) is 5.56 Å². The van der Waals surface area contributed by atoms with Crippen molar-refractivity contribution in [1.82, 2.24) is 10.3 Å². The van der Waals surface area contributed by atoms with Crippen molar-refractivity contribution in [3.63, 3.8) is 0 Å². The summed E-state index contributed by atoms with van der Waals surface area (Å²) in [5.74, 6) is -0.423. The number of nitrogens with two attached hydrogens (primary N) is 1. The van der Waals surface area contributed by atoms with E-state index in [0.717, 1.165) is 5.56 Å². The summed E-state index contributed by atoms with van der Waals surface area (Å²) in [5.41, 5.74) is 6.57. The summed E-state index contributed by atoms with van der Waals surface area (Å²) in [6.45, 7) is 0.275. The van der Waals surface area contributed by atoms with Crippen LogP contribution in [0.1, 0.15) is 22.0 Å². The third-order valence-corrected chi connectivity index (χ3v) is 2.77. The number of aromatic nitrogens is 1. The first-order chi connectivity index (χ1) is 9.18. The third kappa shape index (κ3) is 3.29. The molecule has 0 radical (unpaired) electrons. The first-order valence-corrected chi connectivity index (χ1v) is 5.95. The highest BCUT2D eigenvalue weighted by atomic mass is 16.2. The van der Waals surface area contributed by atoms with Crippen LogP contribution in [0.3, 0.4) is 0 Å². The molecule has 0 saturated heterocycles. The highest BCUT2D eigenvalue weighted by Gasteiger charge is 2.11. The highest BCUT2D eigenvalue weighted by molar-refractivity contribution is 5.93. The number of carbonyl (C=O) groups is 1. The lowest BCUT2D eigenvalue weighted by atomic mass is 10.1. The molecule has 0 fully saturated rings. The fourth-order valence-corrected chi connectivity index (χ4v) is 1.72. The number of rotatable bonds is 4. The highest BCUT2D eigenvalue weighted by Crippen LogP contribution is 2.07. The van der Waals surface area contributed by atoms with Crippen LogP contribution in [0, 0.1) is 0 Å². The summed E-state index contributed by atoms with van der Waals surface area (Å²) in [6.07, 6.45) is 1.48. The Hall–Kier alpha value is -2.40. The summed E-state index contributed by atoms with van der Waals surface area (Å²) in [5, 5.41) is 2.65. The number of hydrogen-bond donors (Lipinski definition) is 3. The average molecular weight is 257 g/mol. The zero-order valence-electron chi connectivity index (χ0n) is 10.3. The van der Waals surface area contributed by atoms with Crippen LogP contribution < -0.4 is 16.6 Å². The molecule has 1 aromatic heterocycles. The molecule has 0 aliphatic heterocycles. The summed E-state index contributed by atoms with van der Waals surface area (Å²) in [7, 11) is 0. The van der Waals surface area contributed by atoms with Gasteiger partial charge in [-0.25, -0.2) is 0 Å². The Morgan fingerprint density at radius 3 is 2.63 bits per heavy atom. The van der Waals surface area contributed by atoms with Crippen molar-refractivity contribution in [2.45, 2.75) is 6.04 Å². The maximum Gasteiger partial charge on any atom is 0.260 e. The molecular weight excluding hydrogens is 242 g/mol. The monoisotopic (exact) mass is 257 g/mol. The SMILES string of the molecule is NC(CNC(=O)c1ccc[nH]c1=O)c1ccccc1. The van der Waals surface area contributed by atoms with E-state index < -0.39 is 11.5 Å². The van der Waals surface area contributed by atoms with Gasteiger partial charge in [0.2, 0.25) is 0 Å². The fourth-order valence-electron chi connectivity index (χ4n) is 1.72. The van der Waals surface area contributed by atoms with E-state index in [1.165, 1.54) is 12.3 Å². The van der Waals surface area contributed by atoms with Crippen molar-refractivity contribution in [3.8, 4) is 0 Å². The molecular formula is C14H15N3O2. The third-order valence-electron chi connectivity index (χ3n) is 2.77. The second-order valence-electron chi connectivity index (χ2n) is 4.14. The second kappa shape index (κ2) is 5.97. The molecule has 2 aromatic rings. The van der Waals surface area contributed by atoms with E-state index in [4.69, 9.17) is 5.73 Å². The van der Waals surface area contributed by atoms with Gasteiger partial charge >= 0.3 is 0 Å². The van der Waals surface area contributed by atoms with Crippen LogP contribution >= 0.6 is 0 Å². The van der Waals surface area contributed by atoms with Crippen LogP contribution in [-0.2, 0) is 0 Å². The Morgan fingerprint density at radius 1 is 1.21 bits per heavy atom. The molecule has 19 heavy (non-hydrogen) atoms. The van der Waals surface area contributed by atoms with Crippen LogP contribution in [0.15, 0.2) is 53.5 Å². The smallest absolute Gasteiger partial charge is 0.260 e. The topological polar surface area (TPSA) is 88.0 Å². The van der Waals surface area contributed by atoms with Crippen molar-refractivity contribution in [1.29, 1.82) is 0 Å². The Kier molecular flexibility index (Phi) is 4.10. The molecule has 1 heterocycles. The quantitative estimate of drug-likeness (QED) is 0.757. The van der Waals surface area contributed by atoms with Crippen molar-refractivity contribution in [2.24, 2.45) is 5.73 Å². The van der Waals surface area contributed by atoms with Crippen LogP contribution in [0.25, 0.3) is 0 Å². The molecule has 1 amide bonds. The maximum atomic E-state index is 11.8. The molecule has 5 nitrogen and oxygen atoms in total. The fraction of sp³-hybridized carbons (Fsp3) is 0.143. The van der Waals surface area contributed by atoms with Crippen molar-refractivity contribution >= 4 is 5.91 Å². The minimum absolute atomic E-state index is 0.0859. The summed E-state index contributed by atoms with van der Waals surface area (Å²) >= 11 is 0. The largest absolute Gasteiger partial charge is 0.350 e. The van der Waals surface area contributed by atoms with E-state index in [1.807, 2.05) is 30.3 Å². The zero-order valence-corrected chi connectivity index (χ0v) is 10.3. The predicted octanol–water partition coefficient (Wildman–Crippen LogP) is 0.805. The van der Waals surface area contributed by atoms with Gasteiger partial charge < -0.3 is 16.0 Å². The summed E-state index contributed by atoms with van der Waals surface area (Å²) in [6, 6.07) is 12.2. The number of hydrogen-bond acceptors (Lipinski definition) is 3. The molecule has 98 valence electrons. The van der Waals surface area contributed by atoms with Gasteiger partial charge in [-0.2, -0.15) is 0 Å². The normalized spacial score (nSPS) is 11.8.